The molecule has 1 unspecified atom stereocenters. The van der Waals surface area contributed by atoms with Crippen LogP contribution in [0.3, 0.4) is 0 Å². The molecule has 4 heterocycles. The highest BCUT2D eigenvalue weighted by atomic mass is 16.5. The Morgan fingerprint density at radius 2 is 1.80 bits per heavy atom. The molecule has 3 aromatic heterocycles. The number of benzene rings is 2. The number of carbonyl (C=O) groups is 2. The number of nitrogens with one attached hydrogen (secondary N) is 2. The van der Waals surface area contributed by atoms with E-state index in [4.69, 9.17) is 19.8 Å². The van der Waals surface area contributed by atoms with Gasteiger partial charge in [-0.15, -0.1) is 0 Å². The molecule has 45 heavy (non-hydrogen) atoms. The lowest BCUT2D eigenvalue weighted by atomic mass is 10.2. The highest BCUT2D eigenvalue weighted by molar-refractivity contribution is 6.03. The lowest BCUT2D eigenvalue weighted by Crippen LogP contribution is -2.30. The molecule has 0 bridgehead atoms. The monoisotopic (exact) mass is 604 g/mol. The normalized spacial score (nSPS) is 14.1. The van der Waals surface area contributed by atoms with Gasteiger partial charge in [0.15, 0.2) is 11.5 Å². The number of fused-ring (bicyclic) bond motifs is 1. The standard InChI is InChI=1S/C32H28N8O5/c1-44-24-6-2-20(3-7-24)18-40-30-28(29(38-40)36-23-12-15-39(19-23)32(42)43)26(11-14-35-30)45-25-8-4-22(5-9-25)31(41)37-27-16-21(17-33)10-13-34-27/h2-11,13-14,16,23H,12,15,18-19H2,1H3,(H,36,38)(H,42,43)(H,34,37,41). The van der Waals surface area contributed by atoms with Gasteiger partial charge in [-0.3, -0.25) is 4.79 Å². The lowest BCUT2D eigenvalue weighted by molar-refractivity contribution is 0.102. The highest BCUT2D eigenvalue weighted by Crippen LogP contribution is 2.35. The molecule has 6 rings (SSSR count). The number of nitriles is 1. The van der Waals surface area contributed by atoms with Crippen LogP contribution < -0.4 is 20.1 Å². The number of methoxy groups -OCH3 is 1. The summed E-state index contributed by atoms with van der Waals surface area (Å²) in [6.07, 6.45) is 2.77. The molecule has 2 aromatic carbocycles. The van der Waals surface area contributed by atoms with Crippen LogP contribution in [-0.2, 0) is 6.54 Å². The Morgan fingerprint density at radius 1 is 1.04 bits per heavy atom. The van der Waals surface area contributed by atoms with Crippen molar-refractivity contribution in [3.8, 4) is 23.3 Å². The predicted octanol–water partition coefficient (Wildman–Crippen LogP) is 4.96. The number of carboxylic acid groups (broad SMARTS) is 1. The van der Waals surface area contributed by atoms with E-state index in [-0.39, 0.29) is 17.8 Å². The molecule has 13 nitrogen and oxygen atoms in total. The fourth-order valence-corrected chi connectivity index (χ4v) is 5.07. The molecule has 0 saturated carbocycles. The zero-order valence-electron chi connectivity index (χ0n) is 24.2. The van der Waals surface area contributed by atoms with E-state index in [9.17, 15) is 14.7 Å². The average molecular weight is 605 g/mol. The Balaban J connectivity index is 1.27. The average Bonchev–Trinajstić information content (AvgIpc) is 3.67. The predicted molar refractivity (Wildman–Crippen MR) is 165 cm³/mol. The van der Waals surface area contributed by atoms with E-state index in [0.717, 1.165) is 11.3 Å². The van der Waals surface area contributed by atoms with Crippen LogP contribution in [0.2, 0.25) is 0 Å². The number of nitrogens with zero attached hydrogens (tertiary/aromatic N) is 6. The highest BCUT2D eigenvalue weighted by Gasteiger charge is 2.28. The number of hydrogen-bond acceptors (Lipinski definition) is 9. The Morgan fingerprint density at radius 3 is 2.51 bits per heavy atom. The molecule has 13 heteroatoms. The molecule has 1 aliphatic heterocycles. The lowest BCUT2D eigenvalue weighted by Gasteiger charge is -2.14. The Hall–Kier alpha value is -6.16. The first-order valence-corrected chi connectivity index (χ1v) is 14.1. The molecule has 1 aliphatic rings. The summed E-state index contributed by atoms with van der Waals surface area (Å²) in [5, 5.41) is 30.1. The van der Waals surface area contributed by atoms with Gasteiger partial charge in [0.25, 0.3) is 5.91 Å². The zero-order chi connectivity index (χ0) is 31.3. The van der Waals surface area contributed by atoms with Crippen LogP contribution in [0.4, 0.5) is 16.4 Å². The Kier molecular flexibility index (Phi) is 8.10. The van der Waals surface area contributed by atoms with Crippen molar-refractivity contribution in [2.75, 3.05) is 30.8 Å². The number of hydrogen-bond donors (Lipinski definition) is 3. The van der Waals surface area contributed by atoms with Gasteiger partial charge in [0, 0.05) is 43.2 Å². The molecular formula is C32H28N8O5. The molecule has 3 N–H and O–H groups in total. The molecule has 0 aliphatic carbocycles. The van der Waals surface area contributed by atoms with Gasteiger partial charge >= 0.3 is 6.09 Å². The number of amides is 2. The molecule has 1 atom stereocenters. The third-order valence-electron chi connectivity index (χ3n) is 7.36. The van der Waals surface area contributed by atoms with Crippen LogP contribution in [0.1, 0.15) is 27.9 Å². The fraction of sp³-hybridized carbons (Fsp3) is 0.188. The molecule has 0 radical (unpaired) electrons. The van der Waals surface area contributed by atoms with Gasteiger partial charge < -0.3 is 30.1 Å². The van der Waals surface area contributed by atoms with E-state index < -0.39 is 6.09 Å². The van der Waals surface area contributed by atoms with Gasteiger partial charge in [0.2, 0.25) is 0 Å². The van der Waals surface area contributed by atoms with Gasteiger partial charge in [0.05, 0.1) is 25.3 Å². The zero-order valence-corrected chi connectivity index (χ0v) is 24.2. The number of aromatic nitrogens is 4. The molecule has 226 valence electrons. The van der Waals surface area contributed by atoms with Crippen molar-refractivity contribution < 1.29 is 24.2 Å². The van der Waals surface area contributed by atoms with Crippen LogP contribution in [0, 0.1) is 11.3 Å². The summed E-state index contributed by atoms with van der Waals surface area (Å²) < 4.78 is 13.4. The first kappa shape index (κ1) is 28.9. The number of ether oxygens (including phenoxy) is 2. The quantitative estimate of drug-likeness (QED) is 0.209. The second-order valence-corrected chi connectivity index (χ2v) is 10.3. The van der Waals surface area contributed by atoms with Crippen molar-refractivity contribution >= 4 is 34.7 Å². The molecule has 0 spiro atoms. The molecule has 5 aromatic rings. The van der Waals surface area contributed by atoms with Crippen molar-refractivity contribution in [1.82, 2.24) is 24.6 Å². The van der Waals surface area contributed by atoms with Crippen LogP contribution >= 0.6 is 0 Å². The molecular weight excluding hydrogens is 576 g/mol. The number of anilines is 2. The largest absolute Gasteiger partial charge is 0.497 e. The van der Waals surface area contributed by atoms with E-state index in [2.05, 4.69) is 20.6 Å². The van der Waals surface area contributed by atoms with Crippen LogP contribution in [0.5, 0.6) is 17.2 Å². The van der Waals surface area contributed by atoms with Crippen molar-refractivity contribution in [2.45, 2.75) is 19.0 Å². The SMILES string of the molecule is COc1ccc(Cn2nc(NC3CCN(C(=O)O)C3)c3c(Oc4ccc(C(=O)Nc5cc(C#N)ccn5)cc4)ccnc32)cc1. The third-order valence-corrected chi connectivity index (χ3v) is 7.36. The Labute approximate surface area is 257 Å². The van der Waals surface area contributed by atoms with Gasteiger partial charge in [-0.25, -0.2) is 19.4 Å². The first-order chi connectivity index (χ1) is 21.9. The minimum Gasteiger partial charge on any atom is -0.497 e. The molecule has 2 amide bonds. The summed E-state index contributed by atoms with van der Waals surface area (Å²) in [6.45, 7) is 1.19. The summed E-state index contributed by atoms with van der Waals surface area (Å²) in [6, 6.07) is 20.9. The van der Waals surface area contributed by atoms with Crippen molar-refractivity contribution in [1.29, 1.82) is 5.26 Å². The van der Waals surface area contributed by atoms with Crippen LogP contribution in [-0.4, -0.2) is 68.0 Å². The van der Waals surface area contributed by atoms with Gasteiger partial charge in [-0.2, -0.15) is 10.4 Å². The van der Waals surface area contributed by atoms with Crippen LogP contribution in [0.25, 0.3) is 11.0 Å². The molecule has 1 saturated heterocycles. The van der Waals surface area contributed by atoms with E-state index in [1.165, 1.54) is 17.2 Å². The van der Waals surface area contributed by atoms with E-state index in [1.54, 1.807) is 54.4 Å². The maximum atomic E-state index is 12.8. The molecule has 1 fully saturated rings. The number of pyridine rings is 2. The fourth-order valence-electron chi connectivity index (χ4n) is 5.07. The number of likely N-dealkylation sites (tertiary alicyclic amines) is 1. The van der Waals surface area contributed by atoms with Gasteiger partial charge in [-0.05, 0) is 60.5 Å². The minimum absolute atomic E-state index is 0.136. The van der Waals surface area contributed by atoms with E-state index in [0.29, 0.717) is 65.5 Å². The van der Waals surface area contributed by atoms with E-state index >= 15 is 0 Å². The van der Waals surface area contributed by atoms with Crippen molar-refractivity contribution in [2.24, 2.45) is 0 Å². The summed E-state index contributed by atoms with van der Waals surface area (Å²) in [5.41, 5.74) is 2.34. The summed E-state index contributed by atoms with van der Waals surface area (Å²) >= 11 is 0. The van der Waals surface area contributed by atoms with Crippen molar-refractivity contribution in [3.05, 3.63) is 95.8 Å². The Bertz CT molecular complexity index is 1900. The first-order valence-electron chi connectivity index (χ1n) is 14.1. The summed E-state index contributed by atoms with van der Waals surface area (Å²) in [7, 11) is 1.62. The number of carbonyl (C=O) groups excluding carboxylic acids is 1. The second kappa shape index (κ2) is 12.6. The van der Waals surface area contributed by atoms with Crippen molar-refractivity contribution in [3.63, 3.8) is 0 Å². The van der Waals surface area contributed by atoms with Crippen LogP contribution in [0.15, 0.2) is 79.1 Å². The maximum absolute atomic E-state index is 12.8. The maximum Gasteiger partial charge on any atom is 0.407 e. The van der Waals surface area contributed by atoms with E-state index in [1.807, 2.05) is 30.3 Å². The van der Waals surface area contributed by atoms with Gasteiger partial charge in [-0.1, -0.05) is 12.1 Å². The minimum atomic E-state index is -0.955. The second-order valence-electron chi connectivity index (χ2n) is 10.3. The third kappa shape index (κ3) is 6.45. The smallest absolute Gasteiger partial charge is 0.407 e. The van der Waals surface area contributed by atoms with Gasteiger partial charge in [0.1, 0.15) is 28.5 Å². The topological polar surface area (TPSA) is 168 Å². The summed E-state index contributed by atoms with van der Waals surface area (Å²) in [5.74, 6) is 2.15. The summed E-state index contributed by atoms with van der Waals surface area (Å²) in [4.78, 5) is 34.3. The number of rotatable bonds is 9.